The minimum atomic E-state index is -2.92. The van der Waals surface area contributed by atoms with Gasteiger partial charge in [0.25, 0.3) is 0 Å². The molecule has 264 valence electrons. The van der Waals surface area contributed by atoms with Crippen LogP contribution in [0, 0.1) is 5.92 Å². The third-order valence-corrected chi connectivity index (χ3v) is 12.5. The van der Waals surface area contributed by atoms with Crippen LogP contribution in [0.25, 0.3) is 0 Å². The van der Waals surface area contributed by atoms with Crippen molar-refractivity contribution in [1.29, 1.82) is 0 Å². The second-order valence-corrected chi connectivity index (χ2v) is 17.9. The number of rotatable bonds is 14. The van der Waals surface area contributed by atoms with E-state index in [0.29, 0.717) is 44.0 Å². The quantitative estimate of drug-likeness (QED) is 0.171. The molecule has 2 aromatic carbocycles. The minimum Gasteiger partial charge on any atom is -0.494 e. The van der Waals surface area contributed by atoms with Crippen LogP contribution in [-0.2, 0) is 20.7 Å². The molecular weight excluding hydrogens is 630 g/mol. The van der Waals surface area contributed by atoms with Crippen LogP contribution in [0.15, 0.2) is 36.4 Å². The summed E-state index contributed by atoms with van der Waals surface area (Å²) in [4.78, 5) is 42.6. The van der Waals surface area contributed by atoms with Crippen molar-refractivity contribution in [2.24, 2.45) is 5.92 Å². The van der Waals surface area contributed by atoms with Crippen molar-refractivity contribution in [3.05, 3.63) is 47.5 Å². The van der Waals surface area contributed by atoms with Gasteiger partial charge in [0.1, 0.15) is 17.6 Å². The van der Waals surface area contributed by atoms with Gasteiger partial charge in [-0.25, -0.2) is 0 Å². The van der Waals surface area contributed by atoms with Gasteiger partial charge < -0.3 is 39.4 Å². The Kier molecular flexibility index (Phi) is 11.9. The molecule has 2 unspecified atom stereocenters. The first-order valence-electron chi connectivity index (χ1n) is 17.4. The lowest BCUT2D eigenvalue weighted by Crippen LogP contribution is -2.50. The van der Waals surface area contributed by atoms with E-state index >= 15 is 0 Å². The number of hydrogen-bond acceptors (Lipinski definition) is 9. The molecular formula is C36H53N3O8Si. The number of aliphatic hydroxyl groups is 2. The number of carbonyl (C=O) groups is 2. The lowest BCUT2D eigenvalue weighted by Gasteiger charge is -2.44. The topological polar surface area (TPSA) is 141 Å². The SMILES string of the molecule is CCOc1ccc2c(c1)CC(NCCCCO)C(=O)N2c1ccc2c(c1)[C@@H](OC)[C@H](C)[C@@H](C(CC(=O)N1CCC[C@H]1CO)[Si](C)(C)O)O2. The maximum absolute atomic E-state index is 14.1. The Balaban J connectivity index is 1.46. The first-order chi connectivity index (χ1) is 23.0. The zero-order valence-electron chi connectivity index (χ0n) is 29.0. The highest BCUT2D eigenvalue weighted by molar-refractivity contribution is 6.71. The highest BCUT2D eigenvalue weighted by Gasteiger charge is 2.48. The molecule has 0 saturated carbocycles. The summed E-state index contributed by atoms with van der Waals surface area (Å²) in [6.07, 6.45) is 2.85. The van der Waals surface area contributed by atoms with Gasteiger partial charge >= 0.3 is 0 Å². The number of hydrogen-bond donors (Lipinski definition) is 4. The van der Waals surface area contributed by atoms with Gasteiger partial charge in [-0.05, 0) is 101 Å². The van der Waals surface area contributed by atoms with Crippen molar-refractivity contribution in [3.63, 3.8) is 0 Å². The van der Waals surface area contributed by atoms with E-state index in [0.717, 1.165) is 41.8 Å². The van der Waals surface area contributed by atoms with E-state index in [1.807, 2.05) is 63.3 Å². The number of carbonyl (C=O) groups excluding carboxylic acids is 2. The van der Waals surface area contributed by atoms with Gasteiger partial charge in [0, 0.05) is 49.4 Å². The Morgan fingerprint density at radius 2 is 1.96 bits per heavy atom. The fourth-order valence-electron chi connectivity index (χ4n) is 7.65. The van der Waals surface area contributed by atoms with Crippen LogP contribution in [-0.4, -0.2) is 98.2 Å². The number of likely N-dealkylation sites (tertiary alicyclic amines) is 1. The zero-order chi connectivity index (χ0) is 34.6. The van der Waals surface area contributed by atoms with Gasteiger partial charge in [-0.2, -0.15) is 0 Å². The Morgan fingerprint density at radius 3 is 2.65 bits per heavy atom. The van der Waals surface area contributed by atoms with Crippen LogP contribution in [0.2, 0.25) is 18.6 Å². The monoisotopic (exact) mass is 683 g/mol. The van der Waals surface area contributed by atoms with Gasteiger partial charge in [-0.1, -0.05) is 6.92 Å². The summed E-state index contributed by atoms with van der Waals surface area (Å²) in [6, 6.07) is 10.9. The van der Waals surface area contributed by atoms with Crippen molar-refractivity contribution in [3.8, 4) is 11.5 Å². The molecule has 1 saturated heterocycles. The summed E-state index contributed by atoms with van der Waals surface area (Å²) in [7, 11) is -1.27. The van der Waals surface area contributed by atoms with Gasteiger partial charge in [-0.15, -0.1) is 0 Å². The van der Waals surface area contributed by atoms with Gasteiger partial charge in [0.05, 0.1) is 37.1 Å². The van der Waals surface area contributed by atoms with Gasteiger partial charge in [-0.3, -0.25) is 14.5 Å². The van der Waals surface area contributed by atoms with Crippen molar-refractivity contribution in [1.82, 2.24) is 10.2 Å². The molecule has 5 rings (SSSR count). The van der Waals surface area contributed by atoms with Crippen LogP contribution in [0.1, 0.15) is 63.2 Å². The smallest absolute Gasteiger partial charge is 0.249 e. The average Bonchev–Trinajstić information content (AvgIpc) is 3.55. The fraction of sp³-hybridized carbons (Fsp3) is 0.611. The molecule has 0 aliphatic carbocycles. The molecule has 12 heteroatoms. The number of fused-ring (bicyclic) bond motifs is 2. The summed E-state index contributed by atoms with van der Waals surface area (Å²) >= 11 is 0. The largest absolute Gasteiger partial charge is 0.494 e. The molecule has 2 aromatic rings. The van der Waals surface area contributed by atoms with Crippen molar-refractivity contribution < 1.29 is 38.8 Å². The van der Waals surface area contributed by atoms with E-state index in [9.17, 15) is 24.6 Å². The molecule has 0 radical (unpaired) electrons. The first-order valence-corrected chi connectivity index (χ1v) is 20.4. The second-order valence-electron chi connectivity index (χ2n) is 13.9. The predicted octanol–water partition coefficient (Wildman–Crippen LogP) is 4.06. The van der Waals surface area contributed by atoms with Crippen LogP contribution in [0.3, 0.4) is 0 Å². The molecule has 4 N–H and O–H groups in total. The Hall–Kier alpha value is -3.00. The number of anilines is 2. The number of unbranched alkanes of at least 4 members (excludes halogenated alkanes) is 1. The van der Waals surface area contributed by atoms with Gasteiger partial charge in [0.2, 0.25) is 11.8 Å². The standard InChI is InChI=1S/C36H53N3O8Si/c1-6-46-27-12-13-30-24(18-27)19-29(37-15-7-8-17-40)36(43)39(30)25-11-14-31-28(20-25)34(45-3)23(2)35(47-31)32(48(4,5)44)21-33(42)38-16-9-10-26(38)22-41/h11-14,18,20,23,26,29,32,34-35,37,40-41,44H,6-10,15-17,19,21-22H2,1-5H3/t23-,26-,29?,32?,34-,35-/m0/s1. The predicted molar refractivity (Wildman–Crippen MR) is 186 cm³/mol. The van der Waals surface area contributed by atoms with Crippen LogP contribution in [0.5, 0.6) is 11.5 Å². The number of amides is 2. The Labute approximate surface area is 285 Å². The summed E-state index contributed by atoms with van der Waals surface area (Å²) in [5, 5.41) is 22.5. The number of nitrogens with zero attached hydrogens (tertiary/aromatic N) is 2. The summed E-state index contributed by atoms with van der Waals surface area (Å²) in [5.74, 6) is 1.02. The van der Waals surface area contributed by atoms with E-state index < -0.39 is 32.1 Å². The molecule has 6 atom stereocenters. The average molecular weight is 684 g/mol. The summed E-state index contributed by atoms with van der Waals surface area (Å²) < 4.78 is 18.6. The Bertz CT molecular complexity index is 1430. The number of aliphatic hydroxyl groups excluding tert-OH is 2. The lowest BCUT2D eigenvalue weighted by atomic mass is 9.86. The highest BCUT2D eigenvalue weighted by atomic mass is 28.4. The number of methoxy groups -OCH3 is 1. The number of ether oxygens (including phenoxy) is 3. The van der Waals surface area contributed by atoms with Gasteiger partial charge in [0.15, 0.2) is 8.32 Å². The normalized spacial score (nSPS) is 24.6. The van der Waals surface area contributed by atoms with Crippen molar-refractivity contribution in [2.45, 2.75) is 95.3 Å². The maximum atomic E-state index is 14.1. The minimum absolute atomic E-state index is 0.0632. The number of benzene rings is 2. The highest BCUT2D eigenvalue weighted by Crippen LogP contribution is 2.49. The molecule has 0 aromatic heterocycles. The van der Waals surface area contributed by atoms with Crippen LogP contribution < -0.4 is 19.7 Å². The third-order valence-electron chi connectivity index (χ3n) is 10.2. The maximum Gasteiger partial charge on any atom is 0.249 e. The van der Waals surface area contributed by atoms with Crippen molar-refractivity contribution >= 4 is 31.5 Å². The van der Waals surface area contributed by atoms with E-state index in [1.165, 1.54) is 0 Å². The van der Waals surface area contributed by atoms with E-state index in [2.05, 4.69) is 5.32 Å². The molecule has 1 fully saturated rings. The first kappa shape index (κ1) is 36.3. The zero-order valence-corrected chi connectivity index (χ0v) is 30.0. The molecule has 3 heterocycles. The molecule has 0 bridgehead atoms. The van der Waals surface area contributed by atoms with E-state index in [-0.39, 0.29) is 43.4 Å². The molecule has 11 nitrogen and oxygen atoms in total. The molecule has 48 heavy (non-hydrogen) atoms. The lowest BCUT2D eigenvalue weighted by molar-refractivity contribution is -0.133. The summed E-state index contributed by atoms with van der Waals surface area (Å²) in [6.45, 7) is 9.48. The van der Waals surface area contributed by atoms with Crippen LogP contribution in [0.4, 0.5) is 11.4 Å². The second kappa shape index (κ2) is 15.7. The Morgan fingerprint density at radius 1 is 1.17 bits per heavy atom. The fourth-order valence-corrected chi connectivity index (χ4v) is 9.50. The molecule has 3 aliphatic heterocycles. The van der Waals surface area contributed by atoms with E-state index in [1.54, 1.807) is 16.9 Å². The molecule has 0 spiro atoms. The van der Waals surface area contributed by atoms with E-state index in [4.69, 9.17) is 14.2 Å². The van der Waals surface area contributed by atoms with Crippen molar-refractivity contribution in [2.75, 3.05) is 44.9 Å². The number of nitrogens with one attached hydrogen (secondary N) is 1. The third kappa shape index (κ3) is 7.58. The van der Waals surface area contributed by atoms with Crippen LogP contribution >= 0.6 is 0 Å². The molecule has 3 aliphatic rings. The summed E-state index contributed by atoms with van der Waals surface area (Å²) in [5.41, 5.74) is 2.88. The molecule has 2 amide bonds.